The Bertz CT molecular complexity index is 1030. The predicted octanol–water partition coefficient (Wildman–Crippen LogP) is 2.28. The largest absolute Gasteiger partial charge is 0.545 e. The molecule has 146 valence electrons. The zero-order valence-electron chi connectivity index (χ0n) is 15.0. The fourth-order valence-corrected chi connectivity index (χ4v) is 3.35. The van der Waals surface area contributed by atoms with Gasteiger partial charge < -0.3 is 15.2 Å². The number of hydrogen-bond acceptors (Lipinski definition) is 6. The van der Waals surface area contributed by atoms with Gasteiger partial charge in [-0.25, -0.2) is 0 Å². The molecule has 0 spiro atoms. The molecule has 1 heterocycles. The number of hydrogen-bond donors (Lipinski definition) is 1. The van der Waals surface area contributed by atoms with Crippen molar-refractivity contribution in [2.75, 3.05) is 11.9 Å². The minimum absolute atomic E-state index is 0.0332. The molecule has 0 bridgehead atoms. The molecule has 2 aromatic rings. The van der Waals surface area contributed by atoms with Crippen LogP contribution in [-0.2, 0) is 9.59 Å². The number of nitrogens with zero attached hydrogens (tertiary/aromatic N) is 1. The Morgan fingerprint density at radius 2 is 1.72 bits per heavy atom. The lowest BCUT2D eigenvalue weighted by atomic mass is 10.2. The van der Waals surface area contributed by atoms with Crippen LogP contribution >= 0.6 is 11.8 Å². The van der Waals surface area contributed by atoms with Crippen molar-refractivity contribution in [3.63, 3.8) is 0 Å². The van der Waals surface area contributed by atoms with Gasteiger partial charge in [0.15, 0.2) is 0 Å². The monoisotopic (exact) mass is 407 g/mol. The fourth-order valence-electron chi connectivity index (χ4n) is 2.56. The molecule has 3 rings (SSSR count). The molecular formula is C21H15N2O5S-. The highest BCUT2D eigenvalue weighted by atomic mass is 32.2. The van der Waals surface area contributed by atoms with Crippen LogP contribution in [0.4, 0.5) is 10.5 Å². The summed E-state index contributed by atoms with van der Waals surface area (Å²) in [5, 5.41) is 12.9. The zero-order chi connectivity index (χ0) is 20.8. The van der Waals surface area contributed by atoms with E-state index in [-0.39, 0.29) is 16.2 Å². The molecule has 1 aliphatic heterocycles. The van der Waals surface area contributed by atoms with Crippen molar-refractivity contribution in [1.29, 1.82) is 0 Å². The Morgan fingerprint density at radius 3 is 2.45 bits per heavy atom. The van der Waals surface area contributed by atoms with E-state index in [1.54, 1.807) is 18.2 Å². The Labute approximate surface area is 170 Å². The van der Waals surface area contributed by atoms with Gasteiger partial charge in [0, 0.05) is 11.3 Å². The Balaban J connectivity index is 1.66. The van der Waals surface area contributed by atoms with Gasteiger partial charge in [-0.15, -0.1) is 0 Å². The van der Waals surface area contributed by atoms with Gasteiger partial charge in [-0.3, -0.25) is 19.3 Å². The normalized spacial score (nSPS) is 15.3. The minimum Gasteiger partial charge on any atom is -0.545 e. The van der Waals surface area contributed by atoms with Gasteiger partial charge in [-0.2, -0.15) is 0 Å². The quantitative estimate of drug-likeness (QED) is 0.737. The molecule has 29 heavy (non-hydrogen) atoms. The van der Waals surface area contributed by atoms with E-state index in [0.717, 1.165) is 22.2 Å². The summed E-state index contributed by atoms with van der Waals surface area (Å²) in [6.45, 7) is -0.522. The molecule has 0 aromatic heterocycles. The number of benzene rings is 2. The Hall–Kier alpha value is -3.65. The molecule has 0 saturated carbocycles. The predicted molar refractivity (Wildman–Crippen MR) is 108 cm³/mol. The fraction of sp³-hybridized carbons (Fsp3) is 0.0476. The number of aromatic carboxylic acids is 1. The van der Waals surface area contributed by atoms with Crippen LogP contribution in [0.25, 0.3) is 6.08 Å². The van der Waals surface area contributed by atoms with Gasteiger partial charge in [0.1, 0.15) is 6.54 Å². The van der Waals surface area contributed by atoms with E-state index in [1.165, 1.54) is 24.3 Å². The van der Waals surface area contributed by atoms with E-state index >= 15 is 0 Å². The number of carbonyl (C=O) groups excluding carboxylic acids is 4. The van der Waals surface area contributed by atoms with Gasteiger partial charge in [0.25, 0.3) is 11.1 Å². The van der Waals surface area contributed by atoms with Crippen LogP contribution in [0.5, 0.6) is 0 Å². The van der Waals surface area contributed by atoms with Crippen molar-refractivity contribution in [2.45, 2.75) is 0 Å². The van der Waals surface area contributed by atoms with Gasteiger partial charge in [-0.05, 0) is 29.5 Å². The van der Waals surface area contributed by atoms with Gasteiger partial charge in [0.05, 0.1) is 10.9 Å². The summed E-state index contributed by atoms with van der Waals surface area (Å²) in [4.78, 5) is 48.9. The number of amides is 3. The average molecular weight is 407 g/mol. The second kappa shape index (κ2) is 9.03. The first kappa shape index (κ1) is 20.1. The molecule has 0 atom stereocenters. The van der Waals surface area contributed by atoms with E-state index in [1.807, 2.05) is 30.3 Å². The lowest BCUT2D eigenvalue weighted by Gasteiger charge is -2.14. The molecule has 1 saturated heterocycles. The number of carboxylic acids is 1. The molecule has 1 N–H and O–H groups in total. The first-order valence-corrected chi connectivity index (χ1v) is 9.34. The van der Waals surface area contributed by atoms with Crippen LogP contribution in [0.2, 0.25) is 0 Å². The topological polar surface area (TPSA) is 107 Å². The maximum Gasteiger partial charge on any atom is 0.294 e. The van der Waals surface area contributed by atoms with Crippen molar-refractivity contribution in [3.05, 3.63) is 82.8 Å². The molecular weight excluding hydrogens is 392 g/mol. The number of carboxylic acid groups (broad SMARTS) is 1. The summed E-state index contributed by atoms with van der Waals surface area (Å²) in [5.74, 6) is -2.72. The summed E-state index contributed by atoms with van der Waals surface area (Å²) in [7, 11) is 0. The number of rotatable bonds is 6. The second-order valence-electron chi connectivity index (χ2n) is 5.94. The summed E-state index contributed by atoms with van der Waals surface area (Å²) in [6, 6.07) is 15.2. The molecule has 2 aromatic carbocycles. The minimum atomic E-state index is -1.44. The molecule has 3 amide bonds. The van der Waals surface area contributed by atoms with Crippen LogP contribution in [0.3, 0.4) is 0 Å². The number of thioether (sulfide) groups is 1. The van der Waals surface area contributed by atoms with Crippen LogP contribution in [0, 0.1) is 0 Å². The smallest absolute Gasteiger partial charge is 0.294 e. The van der Waals surface area contributed by atoms with Crippen molar-refractivity contribution in [1.82, 2.24) is 4.90 Å². The molecule has 0 radical (unpaired) electrons. The molecule has 8 heteroatoms. The summed E-state index contributed by atoms with van der Waals surface area (Å²) in [6.07, 6.45) is 4.96. The first-order valence-electron chi connectivity index (χ1n) is 8.53. The van der Waals surface area contributed by atoms with E-state index < -0.39 is 29.6 Å². The van der Waals surface area contributed by atoms with Crippen molar-refractivity contribution in [3.8, 4) is 0 Å². The highest BCUT2D eigenvalue weighted by Gasteiger charge is 2.36. The van der Waals surface area contributed by atoms with E-state index in [9.17, 15) is 24.3 Å². The number of carbonyl (C=O) groups is 4. The second-order valence-corrected chi connectivity index (χ2v) is 6.93. The summed E-state index contributed by atoms with van der Waals surface area (Å²) in [5.41, 5.74) is 0.778. The lowest BCUT2D eigenvalue weighted by molar-refractivity contribution is -0.254. The van der Waals surface area contributed by atoms with Gasteiger partial charge >= 0.3 is 0 Å². The van der Waals surface area contributed by atoms with Gasteiger partial charge in [-0.1, -0.05) is 60.7 Å². The molecule has 7 nitrogen and oxygen atoms in total. The average Bonchev–Trinajstić information content (AvgIpc) is 2.96. The van der Waals surface area contributed by atoms with Crippen LogP contribution in [0.1, 0.15) is 15.9 Å². The van der Waals surface area contributed by atoms with E-state index in [0.29, 0.717) is 0 Å². The SMILES string of the molecule is O=C(CN1C(=O)S/C(=C\C=C\c2ccccc2)C1=O)Nc1ccccc1C(=O)[O-]. The third-order valence-electron chi connectivity index (χ3n) is 3.93. The summed E-state index contributed by atoms with van der Waals surface area (Å²) >= 11 is 0.736. The first-order chi connectivity index (χ1) is 14.0. The van der Waals surface area contributed by atoms with Crippen LogP contribution in [-0.4, -0.2) is 34.5 Å². The number of imide groups is 1. The highest BCUT2D eigenvalue weighted by Crippen LogP contribution is 2.30. The van der Waals surface area contributed by atoms with Crippen LogP contribution < -0.4 is 10.4 Å². The third kappa shape index (κ3) is 4.99. The Morgan fingerprint density at radius 1 is 1.03 bits per heavy atom. The molecule has 0 aliphatic carbocycles. The number of nitrogens with one attached hydrogen (secondary N) is 1. The zero-order valence-corrected chi connectivity index (χ0v) is 15.8. The van der Waals surface area contributed by atoms with Gasteiger partial charge in [0.2, 0.25) is 5.91 Å². The number of para-hydroxylation sites is 1. The molecule has 1 aliphatic rings. The van der Waals surface area contributed by atoms with Crippen molar-refractivity contribution >= 4 is 46.5 Å². The van der Waals surface area contributed by atoms with Crippen molar-refractivity contribution in [2.24, 2.45) is 0 Å². The molecule has 1 fully saturated rings. The summed E-state index contributed by atoms with van der Waals surface area (Å²) < 4.78 is 0. The van der Waals surface area contributed by atoms with Crippen molar-refractivity contribution < 1.29 is 24.3 Å². The van der Waals surface area contributed by atoms with E-state index in [4.69, 9.17) is 0 Å². The third-order valence-corrected chi connectivity index (χ3v) is 4.86. The maximum atomic E-state index is 12.4. The standard InChI is InChI=1S/C21H16N2O5S/c24-18(22-16-11-5-4-10-15(16)20(26)27)13-23-19(25)17(29-21(23)28)12-6-9-14-7-2-1-3-8-14/h1-12H,13H2,(H,22,24)(H,26,27)/p-1/b9-6+,17-12-. The maximum absolute atomic E-state index is 12.4. The van der Waals surface area contributed by atoms with Crippen LogP contribution in [0.15, 0.2) is 71.7 Å². The number of anilines is 1. The van der Waals surface area contributed by atoms with E-state index in [2.05, 4.69) is 5.32 Å². The number of allylic oxidation sites excluding steroid dienone is 2. The highest BCUT2D eigenvalue weighted by molar-refractivity contribution is 8.18. The Kier molecular flexibility index (Phi) is 6.25. The lowest BCUT2D eigenvalue weighted by Crippen LogP contribution is -2.36. The molecule has 0 unspecified atom stereocenters.